The number of nitrogens with zero attached hydrogens (tertiary/aromatic N) is 4. The molecule has 160 valence electrons. The summed E-state index contributed by atoms with van der Waals surface area (Å²) in [5.41, 5.74) is -1.30. The third-order valence-corrected chi connectivity index (χ3v) is 6.68. The Bertz CT molecular complexity index is 1520. The predicted octanol–water partition coefficient (Wildman–Crippen LogP) is 3.44. The molecule has 0 unspecified atom stereocenters. The van der Waals surface area contributed by atoms with E-state index in [2.05, 4.69) is 15.3 Å². The highest BCUT2D eigenvalue weighted by atomic mass is 35.7. The lowest BCUT2D eigenvalue weighted by atomic mass is 10.3. The number of hydrogen-bond donors (Lipinski definition) is 1. The van der Waals surface area contributed by atoms with Gasteiger partial charge in [-0.2, -0.15) is 5.26 Å². The Balaban J connectivity index is 2.10. The zero-order valence-electron chi connectivity index (χ0n) is 15.4. The van der Waals surface area contributed by atoms with Gasteiger partial charge in [0.25, 0.3) is 14.6 Å². The SMILES string of the molecule is CS(=O)(=O)c1ccc(Cl)cc1N=Nc1c(C#N)[nH]n(-c2ccc(S(=O)(=O)Cl)cc2)c1=O. The third kappa shape index (κ3) is 4.86. The van der Waals surface area contributed by atoms with Gasteiger partial charge in [-0.05, 0) is 42.5 Å². The van der Waals surface area contributed by atoms with E-state index in [9.17, 15) is 26.9 Å². The number of halogens is 2. The first-order valence-corrected chi connectivity index (χ1v) is 12.7. The minimum atomic E-state index is -3.95. The highest BCUT2D eigenvalue weighted by molar-refractivity contribution is 8.13. The molecule has 0 fully saturated rings. The van der Waals surface area contributed by atoms with E-state index in [1.807, 2.05) is 0 Å². The van der Waals surface area contributed by atoms with Gasteiger partial charge in [0, 0.05) is 22.0 Å². The number of azo groups is 1. The van der Waals surface area contributed by atoms with Gasteiger partial charge in [0.2, 0.25) is 0 Å². The molecular weight excluding hydrogens is 489 g/mol. The first-order chi connectivity index (χ1) is 14.4. The molecule has 0 saturated carbocycles. The van der Waals surface area contributed by atoms with Crippen LogP contribution in [-0.4, -0.2) is 32.9 Å². The van der Waals surface area contributed by atoms with Crippen molar-refractivity contribution in [3.8, 4) is 11.8 Å². The number of nitrogens with one attached hydrogen (secondary N) is 1. The van der Waals surface area contributed by atoms with Crippen molar-refractivity contribution >= 4 is 52.5 Å². The van der Waals surface area contributed by atoms with E-state index in [-0.39, 0.29) is 37.6 Å². The number of aromatic amines is 1. The minimum Gasteiger partial charge on any atom is -0.279 e. The van der Waals surface area contributed by atoms with Crippen molar-refractivity contribution in [2.24, 2.45) is 10.2 Å². The Hall–Kier alpha value is -2.98. The van der Waals surface area contributed by atoms with Crippen molar-refractivity contribution in [3.63, 3.8) is 0 Å². The first kappa shape index (κ1) is 22.7. The van der Waals surface area contributed by atoms with Gasteiger partial charge in [0.15, 0.2) is 21.2 Å². The van der Waals surface area contributed by atoms with Crippen LogP contribution in [0.15, 0.2) is 67.3 Å². The van der Waals surface area contributed by atoms with E-state index >= 15 is 0 Å². The van der Waals surface area contributed by atoms with Crippen molar-refractivity contribution in [1.82, 2.24) is 9.78 Å². The lowest BCUT2D eigenvalue weighted by molar-refractivity contribution is 0.601. The second-order valence-corrected chi connectivity index (χ2v) is 11.1. The fourth-order valence-corrected chi connectivity index (χ4v) is 4.26. The lowest BCUT2D eigenvalue weighted by Gasteiger charge is -2.02. The van der Waals surface area contributed by atoms with Crippen LogP contribution in [0.25, 0.3) is 5.69 Å². The fraction of sp³-hybridized carbons (Fsp3) is 0.0588. The number of H-pyrrole nitrogens is 1. The molecule has 1 heterocycles. The van der Waals surface area contributed by atoms with Crippen LogP contribution in [0, 0.1) is 11.3 Å². The van der Waals surface area contributed by atoms with Gasteiger partial charge in [-0.15, -0.1) is 10.2 Å². The minimum absolute atomic E-state index is 0.109. The molecular formula is C17H11Cl2N5O5S2. The standard InChI is InChI=1S/C17H11Cl2N5O5S2/c1-30(26,27)15-7-2-10(18)8-13(15)21-22-16-14(9-20)23-24(17(16)25)11-3-5-12(6-4-11)31(19,28)29/h2-8,23H,1H3. The molecule has 0 aliphatic carbocycles. The quantitative estimate of drug-likeness (QED) is 0.418. The normalized spacial score (nSPS) is 12.2. The summed E-state index contributed by atoms with van der Waals surface area (Å²) in [4.78, 5) is 12.4. The Labute approximate surface area is 185 Å². The van der Waals surface area contributed by atoms with Crippen LogP contribution in [-0.2, 0) is 18.9 Å². The number of aromatic nitrogens is 2. The van der Waals surface area contributed by atoms with E-state index in [1.54, 1.807) is 6.07 Å². The highest BCUT2D eigenvalue weighted by Crippen LogP contribution is 2.29. The van der Waals surface area contributed by atoms with Crippen LogP contribution in [0.5, 0.6) is 0 Å². The van der Waals surface area contributed by atoms with Crippen LogP contribution in [0.1, 0.15) is 5.69 Å². The van der Waals surface area contributed by atoms with Crippen LogP contribution in [0.2, 0.25) is 5.02 Å². The number of rotatable bonds is 5. The van der Waals surface area contributed by atoms with E-state index in [4.69, 9.17) is 22.3 Å². The lowest BCUT2D eigenvalue weighted by Crippen LogP contribution is -2.14. The number of nitriles is 1. The molecule has 1 aromatic heterocycles. The Morgan fingerprint density at radius 1 is 1.06 bits per heavy atom. The monoisotopic (exact) mass is 499 g/mol. The largest absolute Gasteiger partial charge is 0.300 e. The average Bonchev–Trinajstić information content (AvgIpc) is 3.00. The average molecular weight is 500 g/mol. The summed E-state index contributed by atoms with van der Waals surface area (Å²) in [6.45, 7) is 0. The third-order valence-electron chi connectivity index (χ3n) is 3.93. The van der Waals surface area contributed by atoms with Crippen LogP contribution in [0.4, 0.5) is 11.4 Å². The van der Waals surface area contributed by atoms with Crippen molar-refractivity contribution in [2.75, 3.05) is 6.26 Å². The molecule has 0 radical (unpaired) electrons. The molecule has 3 rings (SSSR count). The van der Waals surface area contributed by atoms with Crippen LogP contribution >= 0.6 is 22.3 Å². The maximum absolute atomic E-state index is 12.7. The summed E-state index contributed by atoms with van der Waals surface area (Å²) in [5.74, 6) is 0. The molecule has 14 heteroatoms. The summed E-state index contributed by atoms with van der Waals surface area (Å²) in [6, 6.07) is 10.6. The molecule has 0 atom stereocenters. The van der Waals surface area contributed by atoms with E-state index in [1.165, 1.54) is 42.5 Å². The van der Waals surface area contributed by atoms with Gasteiger partial charge in [-0.1, -0.05) is 11.6 Å². The van der Waals surface area contributed by atoms with Gasteiger partial charge >= 0.3 is 0 Å². The van der Waals surface area contributed by atoms with E-state index < -0.39 is 24.4 Å². The second-order valence-electron chi connectivity index (χ2n) is 6.10. The van der Waals surface area contributed by atoms with Crippen LogP contribution in [0.3, 0.4) is 0 Å². The van der Waals surface area contributed by atoms with Crippen molar-refractivity contribution in [2.45, 2.75) is 9.79 Å². The molecule has 0 aliphatic heterocycles. The molecule has 31 heavy (non-hydrogen) atoms. The molecule has 0 amide bonds. The molecule has 0 bridgehead atoms. The van der Waals surface area contributed by atoms with Gasteiger partial charge in [0.1, 0.15) is 11.8 Å². The Morgan fingerprint density at radius 3 is 2.26 bits per heavy atom. The number of hydrogen-bond acceptors (Lipinski definition) is 8. The van der Waals surface area contributed by atoms with E-state index in [0.29, 0.717) is 0 Å². The summed E-state index contributed by atoms with van der Waals surface area (Å²) in [5, 5.41) is 19.6. The van der Waals surface area contributed by atoms with Crippen molar-refractivity contribution in [3.05, 3.63) is 63.5 Å². The summed E-state index contributed by atoms with van der Waals surface area (Å²) >= 11 is 5.89. The maximum atomic E-state index is 12.7. The van der Waals surface area contributed by atoms with Gasteiger partial charge < -0.3 is 0 Å². The smallest absolute Gasteiger partial charge is 0.279 e. The zero-order chi connectivity index (χ0) is 23.0. The number of sulfone groups is 1. The summed E-state index contributed by atoms with van der Waals surface area (Å²) in [6.07, 6.45) is 0.976. The van der Waals surface area contributed by atoms with Gasteiger partial charge in [-0.25, -0.2) is 21.5 Å². The first-order valence-electron chi connectivity index (χ1n) is 8.13. The zero-order valence-corrected chi connectivity index (χ0v) is 18.6. The van der Waals surface area contributed by atoms with Crippen molar-refractivity contribution in [1.29, 1.82) is 5.26 Å². The Kier molecular flexibility index (Phi) is 6.06. The molecule has 0 aliphatic rings. The molecule has 2 aromatic carbocycles. The fourth-order valence-electron chi connectivity index (χ4n) is 2.52. The van der Waals surface area contributed by atoms with Crippen molar-refractivity contribution < 1.29 is 16.8 Å². The summed E-state index contributed by atoms with van der Waals surface area (Å²) < 4.78 is 47.5. The molecule has 10 nitrogen and oxygen atoms in total. The Morgan fingerprint density at radius 2 is 1.71 bits per heavy atom. The molecule has 0 saturated heterocycles. The molecule has 0 spiro atoms. The molecule has 1 N–H and O–H groups in total. The number of benzene rings is 2. The summed E-state index contributed by atoms with van der Waals surface area (Å²) in [7, 11) is -2.34. The van der Waals surface area contributed by atoms with Gasteiger partial charge in [0.05, 0.1) is 15.5 Å². The highest BCUT2D eigenvalue weighted by Gasteiger charge is 2.18. The predicted molar refractivity (Wildman–Crippen MR) is 113 cm³/mol. The van der Waals surface area contributed by atoms with Crippen LogP contribution < -0.4 is 5.56 Å². The second kappa shape index (κ2) is 8.27. The molecule has 3 aromatic rings. The van der Waals surface area contributed by atoms with E-state index in [0.717, 1.165) is 10.9 Å². The maximum Gasteiger partial charge on any atom is 0.300 e. The van der Waals surface area contributed by atoms with Gasteiger partial charge in [-0.3, -0.25) is 9.89 Å². The topological polar surface area (TPSA) is 155 Å².